The third kappa shape index (κ3) is 4.79. The molecule has 0 fully saturated rings. The van der Waals surface area contributed by atoms with Gasteiger partial charge in [0.05, 0.1) is 11.1 Å². The third-order valence-corrected chi connectivity index (χ3v) is 13.3. The first kappa shape index (κ1) is 34.0. The monoisotopic (exact) mass is 775 g/mol. The second kappa shape index (κ2) is 13.0. The molecule has 0 radical (unpaired) electrons. The van der Waals surface area contributed by atoms with Gasteiger partial charge in [0.25, 0.3) is 0 Å². The highest BCUT2D eigenvalue weighted by Crippen LogP contribution is 2.63. The van der Waals surface area contributed by atoms with Crippen molar-refractivity contribution in [3.63, 3.8) is 0 Å². The van der Waals surface area contributed by atoms with Crippen molar-refractivity contribution in [3.05, 3.63) is 247 Å². The van der Waals surface area contributed by atoms with Gasteiger partial charge in [0.2, 0.25) is 0 Å². The van der Waals surface area contributed by atoms with Crippen LogP contribution in [-0.4, -0.2) is 0 Å². The molecule has 0 amide bonds. The molecule has 0 atom stereocenters. The lowest BCUT2D eigenvalue weighted by molar-refractivity contribution is 0.669. The fraction of sp³-hybridized carbons (Fsp3) is 0.0169. The van der Waals surface area contributed by atoms with E-state index in [-0.39, 0.29) is 0 Å². The fourth-order valence-corrected chi connectivity index (χ4v) is 10.8. The molecule has 2 heteroatoms. The van der Waals surface area contributed by atoms with Gasteiger partial charge in [-0.3, -0.25) is 0 Å². The molecular formula is C59H37NO. The lowest BCUT2D eigenvalue weighted by Gasteiger charge is -2.32. The summed E-state index contributed by atoms with van der Waals surface area (Å²) < 4.78 is 6.31. The van der Waals surface area contributed by atoms with Crippen molar-refractivity contribution < 1.29 is 4.42 Å². The number of anilines is 3. The highest BCUT2D eigenvalue weighted by Gasteiger charge is 2.51. The Morgan fingerprint density at radius 2 is 0.902 bits per heavy atom. The van der Waals surface area contributed by atoms with Crippen LogP contribution in [0.25, 0.3) is 77.2 Å². The minimum Gasteiger partial charge on any atom is -0.456 e. The Kier molecular flexibility index (Phi) is 7.26. The molecule has 0 saturated carbocycles. The minimum atomic E-state index is -0.402. The molecule has 0 N–H and O–H groups in total. The zero-order chi connectivity index (χ0) is 40.1. The Bertz CT molecular complexity index is 3490. The van der Waals surface area contributed by atoms with Crippen molar-refractivity contribution in [2.45, 2.75) is 5.41 Å². The largest absolute Gasteiger partial charge is 0.456 e. The predicted molar refractivity (Wildman–Crippen MR) is 253 cm³/mol. The number of hydrogen-bond donors (Lipinski definition) is 0. The average Bonchev–Trinajstić information content (AvgIpc) is 3.96. The van der Waals surface area contributed by atoms with Crippen LogP contribution in [0.1, 0.15) is 22.3 Å². The molecule has 2 aliphatic carbocycles. The first-order chi connectivity index (χ1) is 30.3. The van der Waals surface area contributed by atoms with Crippen LogP contribution in [0.3, 0.4) is 0 Å². The van der Waals surface area contributed by atoms with E-state index in [4.69, 9.17) is 4.42 Å². The Balaban J connectivity index is 1.06. The van der Waals surface area contributed by atoms with Crippen molar-refractivity contribution >= 4 is 49.8 Å². The molecule has 2 nitrogen and oxygen atoms in total. The normalized spacial score (nSPS) is 13.0. The summed E-state index contributed by atoms with van der Waals surface area (Å²) in [6, 6.07) is 82.3. The van der Waals surface area contributed by atoms with Crippen LogP contribution in [0.5, 0.6) is 0 Å². The van der Waals surface area contributed by atoms with Gasteiger partial charge in [0.15, 0.2) is 0 Å². The molecule has 284 valence electrons. The maximum absolute atomic E-state index is 6.31. The SMILES string of the molecule is c1ccc(-c2c(N(c3ccc(-c4cccc5oc6ccccc6c45)cc3)c3ccc4c(c3)-c3ccccc3C43c4ccccc4-c4ccccc43)ccc3ccccc23)cc1. The summed E-state index contributed by atoms with van der Waals surface area (Å²) in [6.07, 6.45) is 0. The van der Waals surface area contributed by atoms with Crippen LogP contribution in [0.4, 0.5) is 17.1 Å². The molecule has 11 aromatic rings. The van der Waals surface area contributed by atoms with Gasteiger partial charge in [-0.15, -0.1) is 0 Å². The number of rotatable bonds is 5. The van der Waals surface area contributed by atoms with Gasteiger partial charge >= 0.3 is 0 Å². The number of benzene rings is 10. The number of nitrogens with zero attached hydrogens (tertiary/aromatic N) is 1. The van der Waals surface area contributed by atoms with E-state index in [2.05, 4.69) is 223 Å². The lowest BCUT2D eigenvalue weighted by Crippen LogP contribution is -2.25. The van der Waals surface area contributed by atoms with Crippen molar-refractivity contribution in [1.29, 1.82) is 0 Å². The van der Waals surface area contributed by atoms with Crippen molar-refractivity contribution in [2.24, 2.45) is 0 Å². The van der Waals surface area contributed by atoms with Crippen LogP contribution >= 0.6 is 0 Å². The molecule has 1 spiro atoms. The molecule has 0 bridgehead atoms. The Morgan fingerprint density at radius 3 is 1.64 bits per heavy atom. The van der Waals surface area contributed by atoms with Gasteiger partial charge in [-0.2, -0.15) is 0 Å². The summed E-state index contributed by atoms with van der Waals surface area (Å²) in [5, 5.41) is 4.70. The number of para-hydroxylation sites is 1. The number of hydrogen-bond acceptors (Lipinski definition) is 2. The van der Waals surface area contributed by atoms with E-state index < -0.39 is 5.41 Å². The van der Waals surface area contributed by atoms with E-state index >= 15 is 0 Å². The van der Waals surface area contributed by atoms with E-state index in [9.17, 15) is 0 Å². The van der Waals surface area contributed by atoms with E-state index in [1.807, 2.05) is 6.07 Å². The smallest absolute Gasteiger partial charge is 0.136 e. The van der Waals surface area contributed by atoms with Gasteiger partial charge in [0, 0.05) is 27.7 Å². The fourth-order valence-electron chi connectivity index (χ4n) is 10.8. The standard InChI is InChI=1S/C59H37NO/c1-2-16-40(17-3-1)57-43-18-5-4-15-38(43)31-36-54(57)60(41-32-29-39(30-33-41)44-23-14-28-56-58(44)48-22-9-13-27-55(48)61-56)42-34-35-53-49(37-42)47-21-8-12-26-52(47)59(53)50-24-10-6-19-45(50)46-20-7-11-25-51(46)59/h1-37H. The zero-order valence-electron chi connectivity index (χ0n) is 33.2. The Hall–Kier alpha value is -7.94. The highest BCUT2D eigenvalue weighted by atomic mass is 16.3. The van der Waals surface area contributed by atoms with E-state index in [0.717, 1.165) is 50.1 Å². The quantitative estimate of drug-likeness (QED) is 0.173. The summed E-state index contributed by atoms with van der Waals surface area (Å²) >= 11 is 0. The molecule has 0 saturated heterocycles. The Morgan fingerprint density at radius 1 is 0.344 bits per heavy atom. The van der Waals surface area contributed by atoms with Crippen LogP contribution in [0, 0.1) is 0 Å². The molecule has 0 unspecified atom stereocenters. The molecule has 13 rings (SSSR count). The van der Waals surface area contributed by atoms with Crippen LogP contribution in [0.15, 0.2) is 229 Å². The van der Waals surface area contributed by atoms with E-state index in [0.29, 0.717) is 0 Å². The maximum atomic E-state index is 6.31. The highest BCUT2D eigenvalue weighted by molar-refractivity contribution is 6.12. The third-order valence-electron chi connectivity index (χ3n) is 13.3. The molecule has 1 aromatic heterocycles. The Labute approximate surface area is 354 Å². The summed E-state index contributed by atoms with van der Waals surface area (Å²) in [5.41, 5.74) is 19.9. The minimum absolute atomic E-state index is 0.402. The van der Waals surface area contributed by atoms with Crippen molar-refractivity contribution in [2.75, 3.05) is 4.90 Å². The predicted octanol–water partition coefficient (Wildman–Crippen LogP) is 15.9. The van der Waals surface area contributed by atoms with Crippen LogP contribution in [-0.2, 0) is 5.41 Å². The second-order valence-electron chi connectivity index (χ2n) is 16.3. The summed E-state index contributed by atoms with van der Waals surface area (Å²) in [6.45, 7) is 0. The maximum Gasteiger partial charge on any atom is 0.136 e. The molecule has 10 aromatic carbocycles. The summed E-state index contributed by atoms with van der Waals surface area (Å²) in [5.74, 6) is 0. The number of fused-ring (bicyclic) bond motifs is 14. The topological polar surface area (TPSA) is 16.4 Å². The lowest BCUT2D eigenvalue weighted by atomic mass is 9.70. The molecular weight excluding hydrogens is 739 g/mol. The van der Waals surface area contributed by atoms with Crippen LogP contribution < -0.4 is 4.90 Å². The van der Waals surface area contributed by atoms with Crippen molar-refractivity contribution in [3.8, 4) is 44.5 Å². The van der Waals surface area contributed by atoms with Crippen LogP contribution in [0.2, 0.25) is 0 Å². The summed E-state index contributed by atoms with van der Waals surface area (Å²) in [4.78, 5) is 2.47. The van der Waals surface area contributed by atoms with Gasteiger partial charge in [0.1, 0.15) is 11.2 Å². The first-order valence-corrected chi connectivity index (χ1v) is 21.1. The van der Waals surface area contributed by atoms with E-state index in [1.54, 1.807) is 0 Å². The van der Waals surface area contributed by atoms with Gasteiger partial charge < -0.3 is 9.32 Å². The van der Waals surface area contributed by atoms with Gasteiger partial charge in [-0.25, -0.2) is 0 Å². The molecule has 1 heterocycles. The van der Waals surface area contributed by atoms with Crippen molar-refractivity contribution in [1.82, 2.24) is 0 Å². The van der Waals surface area contributed by atoms with Gasteiger partial charge in [-0.1, -0.05) is 182 Å². The number of furan rings is 1. The first-order valence-electron chi connectivity index (χ1n) is 21.1. The van der Waals surface area contributed by atoms with Gasteiger partial charge in [-0.05, 0) is 114 Å². The molecule has 61 heavy (non-hydrogen) atoms. The molecule has 2 aliphatic rings. The molecule has 0 aliphatic heterocycles. The zero-order valence-corrected chi connectivity index (χ0v) is 33.2. The average molecular weight is 776 g/mol. The summed E-state index contributed by atoms with van der Waals surface area (Å²) in [7, 11) is 0. The second-order valence-corrected chi connectivity index (χ2v) is 16.3. The van der Waals surface area contributed by atoms with E-state index in [1.165, 1.54) is 66.4 Å².